The van der Waals surface area contributed by atoms with Gasteiger partial charge in [0.05, 0.1) is 6.07 Å². The molecule has 0 fully saturated rings. The number of hydrogen-bond acceptors (Lipinski definition) is 2. The number of nitrogens with zero attached hydrogens (tertiary/aromatic N) is 1. The van der Waals surface area contributed by atoms with Crippen molar-refractivity contribution in [2.75, 3.05) is 5.75 Å². The Morgan fingerprint density at radius 1 is 1.33 bits per heavy atom. The molecule has 1 rings (SSSR count). The summed E-state index contributed by atoms with van der Waals surface area (Å²) in [6.45, 7) is 2.00. The van der Waals surface area contributed by atoms with Gasteiger partial charge in [-0.1, -0.05) is 19.1 Å². The van der Waals surface area contributed by atoms with Crippen LogP contribution in [0, 0.1) is 11.3 Å². The smallest absolute Gasteiger partial charge is 0.200 e. The molecule has 0 spiro atoms. The summed E-state index contributed by atoms with van der Waals surface area (Å²) in [5, 5.41) is 8.27. The lowest BCUT2D eigenvalue weighted by Crippen LogP contribution is -2.11. The fourth-order valence-corrected chi connectivity index (χ4v) is 1.82. The zero-order valence-electron chi connectivity index (χ0n) is 8.34. The van der Waals surface area contributed by atoms with Crippen LogP contribution < -0.4 is 0 Å². The Morgan fingerprint density at radius 3 is 2.40 bits per heavy atom. The number of thioether (sulfide) groups is 1. The van der Waals surface area contributed by atoms with Gasteiger partial charge in [-0.2, -0.15) is 5.26 Å². The van der Waals surface area contributed by atoms with E-state index < -0.39 is 12.3 Å². The number of rotatable bonds is 4. The molecule has 4 heteroatoms. The Bertz CT molecular complexity index is 354. The van der Waals surface area contributed by atoms with Gasteiger partial charge in [0.1, 0.15) is 6.42 Å². The van der Waals surface area contributed by atoms with Gasteiger partial charge in [-0.25, -0.2) is 8.78 Å². The van der Waals surface area contributed by atoms with Gasteiger partial charge in [0.15, 0.2) is 0 Å². The first-order valence-corrected chi connectivity index (χ1v) is 5.57. The van der Waals surface area contributed by atoms with Crippen LogP contribution in [0.2, 0.25) is 0 Å². The molecule has 1 aromatic rings. The Labute approximate surface area is 92.1 Å². The number of halogens is 2. The molecule has 0 aromatic heterocycles. The maximum atomic E-state index is 13.2. The Hall–Kier alpha value is -1.08. The molecular formula is C11H11F2NS. The van der Waals surface area contributed by atoms with E-state index in [0.717, 1.165) is 10.6 Å². The number of nitriles is 1. The largest absolute Gasteiger partial charge is 0.286 e. The van der Waals surface area contributed by atoms with Gasteiger partial charge in [-0.15, -0.1) is 11.8 Å². The van der Waals surface area contributed by atoms with E-state index in [2.05, 4.69) is 0 Å². The molecule has 0 bridgehead atoms. The maximum absolute atomic E-state index is 13.2. The highest BCUT2D eigenvalue weighted by Crippen LogP contribution is 2.32. The molecule has 0 saturated heterocycles. The second-order valence-corrected chi connectivity index (χ2v) is 4.33. The van der Waals surface area contributed by atoms with E-state index in [1.807, 2.05) is 6.92 Å². The van der Waals surface area contributed by atoms with Crippen molar-refractivity contribution in [3.8, 4) is 6.07 Å². The number of hydrogen-bond donors (Lipinski definition) is 0. The third-order valence-corrected chi connectivity index (χ3v) is 2.78. The van der Waals surface area contributed by atoms with Crippen molar-refractivity contribution < 1.29 is 8.78 Å². The van der Waals surface area contributed by atoms with Gasteiger partial charge in [0, 0.05) is 10.5 Å². The maximum Gasteiger partial charge on any atom is 0.286 e. The van der Waals surface area contributed by atoms with Crippen molar-refractivity contribution in [3.05, 3.63) is 29.8 Å². The fourth-order valence-electron chi connectivity index (χ4n) is 1.16. The van der Waals surface area contributed by atoms with Crippen molar-refractivity contribution in [1.82, 2.24) is 0 Å². The summed E-state index contributed by atoms with van der Waals surface area (Å²) in [5.74, 6) is -2.13. The van der Waals surface area contributed by atoms with Crippen molar-refractivity contribution in [2.45, 2.75) is 24.2 Å². The first-order chi connectivity index (χ1) is 7.10. The molecule has 0 unspecified atom stereocenters. The third-order valence-electron chi connectivity index (χ3n) is 1.89. The summed E-state index contributed by atoms with van der Waals surface area (Å²) in [5.41, 5.74) is -0.0931. The van der Waals surface area contributed by atoms with Crippen molar-refractivity contribution >= 4 is 11.8 Å². The van der Waals surface area contributed by atoms with Crippen molar-refractivity contribution in [3.63, 3.8) is 0 Å². The predicted octanol–water partition coefficient (Wildman–Crippen LogP) is 3.80. The van der Waals surface area contributed by atoms with Crippen LogP contribution in [-0.4, -0.2) is 5.75 Å². The highest BCUT2D eigenvalue weighted by atomic mass is 32.2. The molecule has 0 heterocycles. The average molecular weight is 227 g/mol. The van der Waals surface area contributed by atoms with Gasteiger partial charge in [-0.3, -0.25) is 0 Å². The fraction of sp³-hybridized carbons (Fsp3) is 0.364. The van der Waals surface area contributed by atoms with Crippen molar-refractivity contribution in [2.24, 2.45) is 0 Å². The molecular weight excluding hydrogens is 216 g/mol. The van der Waals surface area contributed by atoms with Crippen LogP contribution in [0.25, 0.3) is 0 Å². The molecule has 1 aromatic carbocycles. The lowest BCUT2D eigenvalue weighted by molar-refractivity contribution is 0.000900. The van der Waals surface area contributed by atoms with E-state index in [9.17, 15) is 8.78 Å². The summed E-state index contributed by atoms with van der Waals surface area (Å²) in [7, 11) is 0. The quantitative estimate of drug-likeness (QED) is 0.730. The highest BCUT2D eigenvalue weighted by molar-refractivity contribution is 7.99. The standard InChI is InChI=1S/C11H11F2NS/c1-2-15-10-5-3-9(4-6-10)11(12,13)7-8-14/h3-6H,2,7H2,1H3. The molecule has 80 valence electrons. The van der Waals surface area contributed by atoms with Crippen LogP contribution in [-0.2, 0) is 5.92 Å². The van der Waals surface area contributed by atoms with Crippen LogP contribution in [0.15, 0.2) is 29.2 Å². The van der Waals surface area contributed by atoms with Crippen LogP contribution in [0.4, 0.5) is 8.78 Å². The molecule has 0 aliphatic heterocycles. The van der Waals surface area contributed by atoms with Crippen molar-refractivity contribution in [1.29, 1.82) is 5.26 Å². The first-order valence-electron chi connectivity index (χ1n) is 4.58. The predicted molar refractivity (Wildman–Crippen MR) is 57.0 cm³/mol. The molecule has 0 saturated carbocycles. The SMILES string of the molecule is CCSc1ccc(C(F)(F)CC#N)cc1. The second-order valence-electron chi connectivity index (χ2n) is 3.00. The topological polar surface area (TPSA) is 23.8 Å². The van der Waals surface area contributed by atoms with E-state index in [0.29, 0.717) is 0 Å². The average Bonchev–Trinajstić information content (AvgIpc) is 2.19. The zero-order chi connectivity index (χ0) is 11.3. The highest BCUT2D eigenvalue weighted by Gasteiger charge is 2.30. The summed E-state index contributed by atoms with van der Waals surface area (Å²) < 4.78 is 26.5. The van der Waals surface area contributed by atoms with E-state index in [1.54, 1.807) is 23.9 Å². The molecule has 0 aliphatic rings. The molecule has 0 radical (unpaired) electrons. The summed E-state index contributed by atoms with van der Waals surface area (Å²) >= 11 is 1.60. The summed E-state index contributed by atoms with van der Waals surface area (Å²) in [6.07, 6.45) is -0.771. The van der Waals surface area contributed by atoms with E-state index in [1.165, 1.54) is 18.2 Å². The Kier molecular flexibility index (Phi) is 4.10. The molecule has 0 amide bonds. The minimum Gasteiger partial charge on any atom is -0.200 e. The minimum atomic E-state index is -3.04. The molecule has 15 heavy (non-hydrogen) atoms. The van der Waals surface area contributed by atoms with E-state index in [-0.39, 0.29) is 5.56 Å². The molecule has 0 aliphatic carbocycles. The Morgan fingerprint density at radius 2 is 1.93 bits per heavy atom. The van der Waals surface area contributed by atoms with Gasteiger partial charge >= 0.3 is 0 Å². The lowest BCUT2D eigenvalue weighted by Gasteiger charge is -2.13. The number of alkyl halides is 2. The third kappa shape index (κ3) is 3.21. The molecule has 1 nitrogen and oxygen atoms in total. The van der Waals surface area contributed by atoms with Gasteiger partial charge < -0.3 is 0 Å². The first kappa shape index (κ1) is 12.0. The van der Waals surface area contributed by atoms with Gasteiger partial charge in [0.25, 0.3) is 5.92 Å². The van der Waals surface area contributed by atoms with Gasteiger partial charge in [0.2, 0.25) is 0 Å². The zero-order valence-corrected chi connectivity index (χ0v) is 9.15. The second kappa shape index (κ2) is 5.13. The van der Waals surface area contributed by atoms with Crippen LogP contribution >= 0.6 is 11.8 Å². The molecule has 0 N–H and O–H groups in total. The van der Waals surface area contributed by atoms with Crippen LogP contribution in [0.3, 0.4) is 0 Å². The minimum absolute atomic E-state index is 0.0931. The summed E-state index contributed by atoms with van der Waals surface area (Å²) in [4.78, 5) is 0.967. The monoisotopic (exact) mass is 227 g/mol. The normalized spacial score (nSPS) is 11.1. The van der Waals surface area contributed by atoms with Gasteiger partial charge in [-0.05, 0) is 17.9 Å². The Balaban J connectivity index is 2.84. The van der Waals surface area contributed by atoms with E-state index >= 15 is 0 Å². The number of benzene rings is 1. The summed E-state index contributed by atoms with van der Waals surface area (Å²) in [6, 6.07) is 7.58. The van der Waals surface area contributed by atoms with Crippen LogP contribution in [0.1, 0.15) is 18.9 Å². The van der Waals surface area contributed by atoms with E-state index in [4.69, 9.17) is 5.26 Å². The lowest BCUT2D eigenvalue weighted by atomic mass is 10.1. The van der Waals surface area contributed by atoms with Crippen LogP contribution in [0.5, 0.6) is 0 Å². The molecule has 0 atom stereocenters.